The summed E-state index contributed by atoms with van der Waals surface area (Å²) in [5.41, 5.74) is 4.19. The Morgan fingerprint density at radius 3 is 2.55 bits per heavy atom. The lowest BCUT2D eigenvalue weighted by molar-refractivity contribution is -0.118. The lowest BCUT2D eigenvalue weighted by Gasteiger charge is -2.21. The van der Waals surface area contributed by atoms with Crippen LogP contribution in [0.3, 0.4) is 0 Å². The summed E-state index contributed by atoms with van der Waals surface area (Å²) in [7, 11) is 0. The topological polar surface area (TPSA) is 81.8 Å². The van der Waals surface area contributed by atoms with Gasteiger partial charge in [-0.1, -0.05) is 19.4 Å². The molecule has 3 amide bonds. The third-order valence-electron chi connectivity index (χ3n) is 6.40. The van der Waals surface area contributed by atoms with Crippen LogP contribution in [0.4, 0.5) is 17.1 Å². The normalized spacial score (nSPS) is 15.8. The Hall–Kier alpha value is -3.35. The minimum Gasteiger partial charge on any atom is -0.371 e. The molecule has 2 N–H and O–H groups in total. The Bertz CT molecular complexity index is 1050. The Kier molecular flexibility index (Phi) is 6.96. The van der Waals surface area contributed by atoms with Crippen molar-refractivity contribution in [3.63, 3.8) is 0 Å². The van der Waals surface area contributed by atoms with E-state index in [1.165, 1.54) is 12.8 Å². The van der Waals surface area contributed by atoms with Gasteiger partial charge in [0.15, 0.2) is 0 Å². The molecule has 1 fully saturated rings. The summed E-state index contributed by atoms with van der Waals surface area (Å²) in [6.45, 7) is 6.25. The Labute approximate surface area is 195 Å². The van der Waals surface area contributed by atoms with Crippen LogP contribution in [0.2, 0.25) is 0 Å². The molecular formula is C26H32N4O3. The number of nitrogens with zero attached hydrogens (tertiary/aromatic N) is 2. The highest BCUT2D eigenvalue weighted by Crippen LogP contribution is 2.29. The maximum absolute atomic E-state index is 13.0. The van der Waals surface area contributed by atoms with E-state index in [1.54, 1.807) is 17.9 Å². The zero-order valence-corrected chi connectivity index (χ0v) is 19.4. The molecule has 0 bridgehead atoms. The van der Waals surface area contributed by atoms with Crippen molar-refractivity contribution in [2.24, 2.45) is 0 Å². The number of amides is 3. The number of hydrogen-bond acceptors (Lipinski definition) is 4. The summed E-state index contributed by atoms with van der Waals surface area (Å²) in [5.74, 6) is -0.495. The molecule has 2 aromatic carbocycles. The molecule has 7 nitrogen and oxygen atoms in total. The first-order valence-electron chi connectivity index (χ1n) is 11.8. The van der Waals surface area contributed by atoms with Gasteiger partial charge >= 0.3 is 0 Å². The van der Waals surface area contributed by atoms with Gasteiger partial charge in [-0.3, -0.25) is 14.4 Å². The smallest absolute Gasteiger partial charge is 0.251 e. The number of rotatable bonds is 7. The van der Waals surface area contributed by atoms with E-state index in [4.69, 9.17) is 0 Å². The van der Waals surface area contributed by atoms with Crippen molar-refractivity contribution in [2.45, 2.75) is 52.0 Å². The van der Waals surface area contributed by atoms with Crippen molar-refractivity contribution in [3.8, 4) is 0 Å². The summed E-state index contributed by atoms with van der Waals surface area (Å²) in [6.07, 6.45) is 4.42. The predicted octanol–water partition coefficient (Wildman–Crippen LogP) is 3.73. The van der Waals surface area contributed by atoms with Crippen LogP contribution in [0.1, 0.15) is 55.5 Å². The molecule has 33 heavy (non-hydrogen) atoms. The SMILES string of the molecule is CCCC(NC(=O)c1ccc2c(c1)CCN2C(C)=O)C(=O)Nc1cccc(N2CCCC2)c1. The van der Waals surface area contributed by atoms with Gasteiger partial charge in [0.2, 0.25) is 11.8 Å². The quantitative estimate of drug-likeness (QED) is 0.676. The second-order valence-electron chi connectivity index (χ2n) is 8.81. The first-order valence-corrected chi connectivity index (χ1v) is 11.8. The lowest BCUT2D eigenvalue weighted by Crippen LogP contribution is -2.43. The van der Waals surface area contributed by atoms with Crippen LogP contribution in [-0.2, 0) is 16.0 Å². The number of nitrogens with one attached hydrogen (secondary N) is 2. The molecular weight excluding hydrogens is 416 g/mol. The van der Waals surface area contributed by atoms with Crippen molar-refractivity contribution in [1.82, 2.24) is 5.32 Å². The molecule has 0 aliphatic carbocycles. The van der Waals surface area contributed by atoms with E-state index in [2.05, 4.69) is 21.6 Å². The van der Waals surface area contributed by atoms with Crippen molar-refractivity contribution in [3.05, 3.63) is 53.6 Å². The maximum atomic E-state index is 13.0. The van der Waals surface area contributed by atoms with E-state index in [1.807, 2.05) is 37.3 Å². The van der Waals surface area contributed by atoms with E-state index >= 15 is 0 Å². The molecule has 1 saturated heterocycles. The molecule has 7 heteroatoms. The van der Waals surface area contributed by atoms with Crippen LogP contribution in [0.25, 0.3) is 0 Å². The van der Waals surface area contributed by atoms with E-state index in [0.717, 1.165) is 48.6 Å². The lowest BCUT2D eigenvalue weighted by atomic mass is 10.1. The molecule has 0 aromatic heterocycles. The molecule has 0 radical (unpaired) electrons. The second-order valence-corrected chi connectivity index (χ2v) is 8.81. The van der Waals surface area contributed by atoms with Gasteiger partial charge in [0.1, 0.15) is 6.04 Å². The van der Waals surface area contributed by atoms with Gasteiger partial charge in [-0.15, -0.1) is 0 Å². The molecule has 2 aliphatic rings. The van der Waals surface area contributed by atoms with Gasteiger partial charge in [0, 0.05) is 49.2 Å². The standard InChI is InChI=1S/C26H32N4O3/c1-3-7-23(26(33)27-21-8-6-9-22(17-21)29-13-4-5-14-29)28-25(32)20-10-11-24-19(16-20)12-15-30(24)18(2)31/h6,8-11,16-17,23H,3-5,7,12-15H2,1-2H3,(H,27,33)(H,28,32). The summed E-state index contributed by atoms with van der Waals surface area (Å²) < 4.78 is 0. The van der Waals surface area contributed by atoms with Gasteiger partial charge in [-0.2, -0.15) is 0 Å². The monoisotopic (exact) mass is 448 g/mol. The van der Waals surface area contributed by atoms with E-state index in [-0.39, 0.29) is 17.7 Å². The minimum atomic E-state index is -0.625. The molecule has 0 saturated carbocycles. The Morgan fingerprint density at radius 1 is 1.03 bits per heavy atom. The highest BCUT2D eigenvalue weighted by molar-refractivity contribution is 6.02. The molecule has 1 atom stereocenters. The summed E-state index contributed by atoms with van der Waals surface area (Å²) in [4.78, 5) is 41.8. The highest BCUT2D eigenvalue weighted by Gasteiger charge is 2.25. The van der Waals surface area contributed by atoms with E-state index in [9.17, 15) is 14.4 Å². The van der Waals surface area contributed by atoms with Crippen LogP contribution in [0, 0.1) is 0 Å². The first kappa shape index (κ1) is 22.8. The van der Waals surface area contributed by atoms with Gasteiger partial charge in [-0.05, 0) is 67.6 Å². The number of benzene rings is 2. The molecule has 4 rings (SSSR count). The molecule has 0 spiro atoms. The van der Waals surface area contributed by atoms with E-state index in [0.29, 0.717) is 18.5 Å². The van der Waals surface area contributed by atoms with Crippen molar-refractivity contribution in [2.75, 3.05) is 34.8 Å². The fourth-order valence-electron chi connectivity index (χ4n) is 4.65. The fraction of sp³-hybridized carbons (Fsp3) is 0.423. The van der Waals surface area contributed by atoms with Crippen LogP contribution in [0.15, 0.2) is 42.5 Å². The maximum Gasteiger partial charge on any atom is 0.251 e. The first-order chi connectivity index (χ1) is 16.0. The van der Waals surface area contributed by atoms with Crippen molar-refractivity contribution in [1.29, 1.82) is 0 Å². The molecule has 2 aliphatic heterocycles. The summed E-state index contributed by atoms with van der Waals surface area (Å²) in [5, 5.41) is 5.89. The van der Waals surface area contributed by atoms with Crippen LogP contribution >= 0.6 is 0 Å². The highest BCUT2D eigenvalue weighted by atomic mass is 16.2. The third kappa shape index (κ3) is 5.18. The minimum absolute atomic E-state index is 0.000525. The van der Waals surface area contributed by atoms with Crippen LogP contribution in [-0.4, -0.2) is 43.4 Å². The van der Waals surface area contributed by atoms with Gasteiger partial charge in [0.25, 0.3) is 5.91 Å². The van der Waals surface area contributed by atoms with Crippen molar-refractivity contribution < 1.29 is 14.4 Å². The number of carbonyl (C=O) groups is 3. The number of hydrogen-bond donors (Lipinski definition) is 2. The Balaban J connectivity index is 1.43. The summed E-state index contributed by atoms with van der Waals surface area (Å²) in [6, 6.07) is 12.6. The molecule has 1 unspecified atom stereocenters. The zero-order chi connectivity index (χ0) is 23.4. The Morgan fingerprint density at radius 2 is 1.82 bits per heavy atom. The number of fused-ring (bicyclic) bond motifs is 1. The summed E-state index contributed by atoms with van der Waals surface area (Å²) >= 11 is 0. The van der Waals surface area contributed by atoms with E-state index < -0.39 is 6.04 Å². The average molecular weight is 449 g/mol. The zero-order valence-electron chi connectivity index (χ0n) is 19.4. The largest absolute Gasteiger partial charge is 0.371 e. The average Bonchev–Trinajstić information content (AvgIpc) is 3.48. The molecule has 174 valence electrons. The van der Waals surface area contributed by atoms with Gasteiger partial charge < -0.3 is 20.4 Å². The third-order valence-corrected chi connectivity index (χ3v) is 6.40. The fourth-order valence-corrected chi connectivity index (χ4v) is 4.65. The van der Waals surface area contributed by atoms with Crippen LogP contribution < -0.4 is 20.4 Å². The second kappa shape index (κ2) is 10.1. The van der Waals surface area contributed by atoms with Crippen LogP contribution in [0.5, 0.6) is 0 Å². The molecule has 2 heterocycles. The number of anilines is 3. The van der Waals surface area contributed by atoms with Crippen molar-refractivity contribution >= 4 is 34.8 Å². The molecule has 2 aromatic rings. The van der Waals surface area contributed by atoms with Gasteiger partial charge in [0.05, 0.1) is 0 Å². The number of carbonyl (C=O) groups excluding carboxylic acids is 3. The van der Waals surface area contributed by atoms with Gasteiger partial charge in [-0.25, -0.2) is 0 Å². The predicted molar refractivity (Wildman–Crippen MR) is 131 cm³/mol.